The molecule has 96 valence electrons. The van der Waals surface area contributed by atoms with Gasteiger partial charge in [-0.15, -0.1) is 11.3 Å². The molecule has 0 bridgehead atoms. The van der Waals surface area contributed by atoms with E-state index in [9.17, 15) is 4.79 Å². The third-order valence-corrected chi connectivity index (χ3v) is 3.57. The van der Waals surface area contributed by atoms with E-state index in [2.05, 4.69) is 24.3 Å². The molecule has 0 saturated carbocycles. The first-order valence-corrected chi connectivity index (χ1v) is 6.67. The lowest BCUT2D eigenvalue weighted by Gasteiger charge is -2.09. The van der Waals surface area contributed by atoms with Gasteiger partial charge in [0.1, 0.15) is 0 Å². The summed E-state index contributed by atoms with van der Waals surface area (Å²) in [5.41, 5.74) is 6.41. The van der Waals surface area contributed by atoms with E-state index in [1.54, 1.807) is 0 Å². The second kappa shape index (κ2) is 6.61. The van der Waals surface area contributed by atoms with Crippen LogP contribution in [-0.4, -0.2) is 37.9 Å². The molecule has 0 saturated heterocycles. The molecule has 0 aliphatic rings. The maximum atomic E-state index is 11.6. The average Bonchev–Trinajstić information content (AvgIpc) is 2.65. The van der Waals surface area contributed by atoms with E-state index >= 15 is 0 Å². The predicted molar refractivity (Wildman–Crippen MR) is 75.0 cm³/mol. The van der Waals surface area contributed by atoms with Crippen LogP contribution < -0.4 is 11.1 Å². The van der Waals surface area contributed by atoms with Crippen LogP contribution in [0.3, 0.4) is 0 Å². The summed E-state index contributed by atoms with van der Waals surface area (Å²) in [6.07, 6.45) is 1.58. The molecule has 4 nitrogen and oxygen atoms in total. The van der Waals surface area contributed by atoms with Gasteiger partial charge >= 0.3 is 0 Å². The molecule has 1 aromatic rings. The van der Waals surface area contributed by atoms with E-state index in [1.165, 1.54) is 11.3 Å². The monoisotopic (exact) mass is 255 g/mol. The van der Waals surface area contributed by atoms with E-state index in [-0.39, 0.29) is 5.78 Å². The zero-order valence-electron chi connectivity index (χ0n) is 10.7. The molecule has 0 aliphatic heterocycles. The van der Waals surface area contributed by atoms with Crippen LogP contribution in [-0.2, 0) is 0 Å². The third-order valence-electron chi connectivity index (χ3n) is 2.42. The molecule has 0 amide bonds. The van der Waals surface area contributed by atoms with Crippen LogP contribution in [0.4, 0.5) is 10.7 Å². The van der Waals surface area contributed by atoms with Crippen molar-refractivity contribution in [2.24, 2.45) is 0 Å². The summed E-state index contributed by atoms with van der Waals surface area (Å²) in [7, 11) is 4.11. The lowest BCUT2D eigenvalue weighted by Crippen LogP contribution is -2.16. The minimum absolute atomic E-state index is 0.119. The van der Waals surface area contributed by atoms with Gasteiger partial charge in [-0.25, -0.2) is 0 Å². The number of nitrogen functional groups attached to an aromatic ring is 1. The summed E-state index contributed by atoms with van der Waals surface area (Å²) in [4.78, 5) is 14.4. The third kappa shape index (κ3) is 4.36. The Morgan fingerprint density at radius 1 is 1.53 bits per heavy atom. The lowest BCUT2D eigenvalue weighted by atomic mass is 10.2. The number of carbonyl (C=O) groups excluding carboxylic acids is 1. The number of Topliss-reactive ketones (excluding diaryl/α,β-unsaturated/α-hetero) is 1. The minimum atomic E-state index is 0.119. The molecule has 0 aromatic carbocycles. The molecule has 0 fully saturated rings. The Morgan fingerprint density at radius 3 is 2.82 bits per heavy atom. The fraction of sp³-hybridized carbons (Fsp3) is 0.583. The van der Waals surface area contributed by atoms with Gasteiger partial charge in [0.2, 0.25) is 0 Å². The van der Waals surface area contributed by atoms with Crippen LogP contribution in [0.2, 0.25) is 0 Å². The van der Waals surface area contributed by atoms with Crippen molar-refractivity contribution in [2.45, 2.75) is 19.8 Å². The van der Waals surface area contributed by atoms with Crippen molar-refractivity contribution < 1.29 is 4.79 Å². The maximum absolute atomic E-state index is 11.6. The van der Waals surface area contributed by atoms with Crippen molar-refractivity contribution in [3.05, 3.63) is 10.9 Å². The SMILES string of the molecule is CCC(=O)c1sc(NCCCN(C)C)cc1N. The number of nitrogens with zero attached hydrogens (tertiary/aromatic N) is 1. The predicted octanol–water partition coefficient (Wildman–Crippen LogP) is 2.29. The molecule has 0 aliphatic carbocycles. The van der Waals surface area contributed by atoms with Gasteiger partial charge in [0, 0.05) is 13.0 Å². The fourth-order valence-electron chi connectivity index (χ4n) is 1.48. The first kappa shape index (κ1) is 14.0. The maximum Gasteiger partial charge on any atom is 0.174 e. The smallest absolute Gasteiger partial charge is 0.174 e. The summed E-state index contributed by atoms with van der Waals surface area (Å²) in [5, 5.41) is 4.28. The van der Waals surface area contributed by atoms with Crippen molar-refractivity contribution in [1.82, 2.24) is 4.90 Å². The van der Waals surface area contributed by atoms with Crippen LogP contribution in [0.5, 0.6) is 0 Å². The summed E-state index contributed by atoms with van der Waals surface area (Å²) in [6, 6.07) is 1.85. The standard InChI is InChI=1S/C12H21N3OS/c1-4-10(16)12-9(13)8-11(17-12)14-6-5-7-15(2)3/h8,14H,4-7,13H2,1-3H3. The van der Waals surface area contributed by atoms with Crippen LogP contribution in [0, 0.1) is 0 Å². The van der Waals surface area contributed by atoms with Gasteiger partial charge in [-0.3, -0.25) is 4.79 Å². The fourth-order valence-corrected chi connectivity index (χ4v) is 2.49. The van der Waals surface area contributed by atoms with Crippen molar-refractivity contribution in [1.29, 1.82) is 0 Å². The highest BCUT2D eigenvalue weighted by atomic mass is 32.1. The largest absolute Gasteiger partial charge is 0.397 e. The van der Waals surface area contributed by atoms with E-state index in [0.717, 1.165) is 24.5 Å². The minimum Gasteiger partial charge on any atom is -0.397 e. The van der Waals surface area contributed by atoms with Gasteiger partial charge in [-0.05, 0) is 33.1 Å². The molecule has 3 N–H and O–H groups in total. The zero-order valence-corrected chi connectivity index (χ0v) is 11.6. The van der Waals surface area contributed by atoms with Gasteiger partial charge in [-0.2, -0.15) is 0 Å². The quantitative estimate of drug-likeness (QED) is 0.580. The molecule has 0 spiro atoms. The number of nitrogens with one attached hydrogen (secondary N) is 1. The Bertz CT molecular complexity index is 374. The van der Waals surface area contributed by atoms with Gasteiger partial charge in [-0.1, -0.05) is 6.92 Å². The number of ketones is 1. The van der Waals surface area contributed by atoms with E-state index < -0.39 is 0 Å². The second-order valence-electron chi connectivity index (χ2n) is 4.26. The van der Waals surface area contributed by atoms with Crippen LogP contribution in [0.15, 0.2) is 6.07 Å². The molecule has 1 aromatic heterocycles. The number of hydrogen-bond donors (Lipinski definition) is 2. The molecule has 17 heavy (non-hydrogen) atoms. The van der Waals surface area contributed by atoms with Gasteiger partial charge in [0.25, 0.3) is 0 Å². The number of nitrogens with two attached hydrogens (primary N) is 1. The summed E-state index contributed by atoms with van der Waals surface area (Å²) < 4.78 is 0. The number of anilines is 2. The van der Waals surface area contributed by atoms with E-state index in [0.29, 0.717) is 17.0 Å². The van der Waals surface area contributed by atoms with Crippen LogP contribution in [0.25, 0.3) is 0 Å². The number of thiophene rings is 1. The van der Waals surface area contributed by atoms with E-state index in [4.69, 9.17) is 5.73 Å². The zero-order chi connectivity index (χ0) is 12.8. The molecule has 0 unspecified atom stereocenters. The topological polar surface area (TPSA) is 58.4 Å². The number of rotatable bonds is 7. The van der Waals surface area contributed by atoms with Crippen LogP contribution >= 0.6 is 11.3 Å². The van der Waals surface area contributed by atoms with Gasteiger partial charge < -0.3 is 16.0 Å². The molecular weight excluding hydrogens is 234 g/mol. The highest BCUT2D eigenvalue weighted by Gasteiger charge is 2.12. The van der Waals surface area contributed by atoms with Crippen molar-refractivity contribution in [3.8, 4) is 0 Å². The van der Waals surface area contributed by atoms with Gasteiger partial charge in [0.15, 0.2) is 5.78 Å². The Morgan fingerprint density at radius 2 is 2.24 bits per heavy atom. The summed E-state index contributed by atoms with van der Waals surface area (Å²) >= 11 is 1.45. The Hall–Kier alpha value is -1.07. The van der Waals surface area contributed by atoms with Gasteiger partial charge in [0.05, 0.1) is 15.6 Å². The van der Waals surface area contributed by atoms with Crippen molar-refractivity contribution in [2.75, 3.05) is 38.2 Å². The normalized spacial score (nSPS) is 10.8. The summed E-state index contributed by atoms with van der Waals surface area (Å²) in [6.45, 7) is 3.80. The molecule has 1 rings (SSSR count). The average molecular weight is 255 g/mol. The Kier molecular flexibility index (Phi) is 5.44. The van der Waals surface area contributed by atoms with E-state index in [1.807, 2.05) is 13.0 Å². The Balaban J connectivity index is 2.47. The Labute approximate surface area is 107 Å². The van der Waals surface area contributed by atoms with Crippen molar-refractivity contribution in [3.63, 3.8) is 0 Å². The lowest BCUT2D eigenvalue weighted by molar-refractivity contribution is 0.0993. The molecule has 5 heteroatoms. The first-order chi connectivity index (χ1) is 8.04. The number of carbonyl (C=O) groups is 1. The highest BCUT2D eigenvalue weighted by molar-refractivity contribution is 7.18. The molecular formula is C12H21N3OS. The summed E-state index contributed by atoms with van der Waals surface area (Å²) in [5.74, 6) is 0.119. The molecule has 0 atom stereocenters. The molecule has 0 radical (unpaired) electrons. The number of hydrogen-bond acceptors (Lipinski definition) is 5. The highest BCUT2D eigenvalue weighted by Crippen LogP contribution is 2.30. The van der Waals surface area contributed by atoms with Crippen LogP contribution in [0.1, 0.15) is 29.4 Å². The second-order valence-corrected chi connectivity index (χ2v) is 5.31. The molecule has 1 heterocycles. The first-order valence-electron chi connectivity index (χ1n) is 5.85. The van der Waals surface area contributed by atoms with Crippen molar-refractivity contribution >= 4 is 27.8 Å².